The molecule has 1 saturated carbocycles. The molecule has 0 bridgehead atoms. The Kier molecular flexibility index (Phi) is 7.89. The standard InChI is InChI=1S/C32H37N11O/c33-30-27-31(35-21-34-27)42(22-36-30)19-26-20-43(39-38-26)29(24-11-5-2-6-12-24)28(23-9-3-1-4-10-23)40-15-17-41(18-16-40)32(44)37-25-13-7-8-14-25/h1-6,9-12,20-22,25,28-29,33H,7-8,13-19H2,(H,34,35)(H,37,44)/t28-,29+/m0/s1. The normalized spacial score (nSPS) is 17.6. The molecule has 226 valence electrons. The van der Waals surface area contributed by atoms with E-state index in [4.69, 9.17) is 5.41 Å². The van der Waals surface area contributed by atoms with E-state index in [2.05, 4.69) is 84.0 Å². The van der Waals surface area contributed by atoms with Crippen LogP contribution in [0.1, 0.15) is 54.6 Å². The van der Waals surface area contributed by atoms with Crippen LogP contribution in [0.25, 0.3) is 11.2 Å². The minimum Gasteiger partial charge on any atom is -0.340 e. The van der Waals surface area contributed by atoms with Gasteiger partial charge in [0.15, 0.2) is 11.1 Å². The van der Waals surface area contributed by atoms with Crippen LogP contribution in [0, 0.1) is 5.41 Å². The molecule has 2 aromatic carbocycles. The molecule has 1 saturated heterocycles. The summed E-state index contributed by atoms with van der Waals surface area (Å²) >= 11 is 0. The first-order valence-electron chi connectivity index (χ1n) is 15.4. The highest BCUT2D eigenvalue weighted by Gasteiger charge is 2.35. The number of hydrogen-bond donors (Lipinski definition) is 3. The summed E-state index contributed by atoms with van der Waals surface area (Å²) in [4.78, 5) is 29.1. The predicted octanol–water partition coefficient (Wildman–Crippen LogP) is 3.48. The molecule has 2 atom stereocenters. The molecule has 1 aliphatic heterocycles. The van der Waals surface area contributed by atoms with Gasteiger partial charge in [-0.15, -0.1) is 5.10 Å². The fourth-order valence-electron chi connectivity index (χ4n) is 6.65. The number of amides is 2. The average Bonchev–Trinajstić information content (AvgIpc) is 3.86. The predicted molar refractivity (Wildman–Crippen MR) is 165 cm³/mol. The molecule has 2 aliphatic rings. The molecule has 3 aromatic heterocycles. The molecule has 4 heterocycles. The fraction of sp³-hybridized carbons (Fsp3) is 0.375. The highest BCUT2D eigenvalue weighted by atomic mass is 16.2. The number of H-pyrrole nitrogens is 1. The summed E-state index contributed by atoms with van der Waals surface area (Å²) in [5.41, 5.74) is 4.47. The van der Waals surface area contributed by atoms with E-state index < -0.39 is 0 Å². The first-order chi connectivity index (χ1) is 21.6. The number of carbonyl (C=O) groups is 1. The molecular formula is C32H37N11O. The molecule has 0 spiro atoms. The van der Waals surface area contributed by atoms with Crippen molar-refractivity contribution in [3.63, 3.8) is 0 Å². The van der Waals surface area contributed by atoms with Crippen molar-refractivity contribution in [1.29, 1.82) is 5.41 Å². The van der Waals surface area contributed by atoms with Crippen molar-refractivity contribution < 1.29 is 4.79 Å². The van der Waals surface area contributed by atoms with Gasteiger partial charge in [-0.1, -0.05) is 78.7 Å². The Morgan fingerprint density at radius 2 is 1.61 bits per heavy atom. The minimum atomic E-state index is -0.164. The quantitative estimate of drug-likeness (QED) is 0.253. The number of fused-ring (bicyclic) bond motifs is 1. The summed E-state index contributed by atoms with van der Waals surface area (Å²) in [5, 5.41) is 20.6. The SMILES string of the molecule is N=c1ncn(Cc2cn([C@H](c3ccccc3)[C@H](c3ccccc3)N3CCN(C(=O)NC4CCCC4)CC3)nn2)c2nc[nH]c12. The topological polar surface area (TPSA) is 137 Å². The lowest BCUT2D eigenvalue weighted by Crippen LogP contribution is -2.54. The Labute approximate surface area is 255 Å². The van der Waals surface area contributed by atoms with Gasteiger partial charge < -0.3 is 19.8 Å². The van der Waals surface area contributed by atoms with Crippen molar-refractivity contribution in [3.05, 3.63) is 102 Å². The molecule has 2 amide bonds. The van der Waals surface area contributed by atoms with Crippen LogP contribution in [-0.4, -0.2) is 82.6 Å². The van der Waals surface area contributed by atoms with Crippen molar-refractivity contribution in [3.8, 4) is 0 Å². The maximum Gasteiger partial charge on any atom is 0.317 e. The molecule has 12 heteroatoms. The van der Waals surface area contributed by atoms with Crippen molar-refractivity contribution >= 4 is 17.2 Å². The zero-order chi connectivity index (χ0) is 29.9. The number of hydrogen-bond acceptors (Lipinski definition) is 7. The molecule has 7 rings (SSSR count). The van der Waals surface area contributed by atoms with Crippen LogP contribution in [0.5, 0.6) is 0 Å². The molecule has 0 unspecified atom stereocenters. The van der Waals surface area contributed by atoms with Gasteiger partial charge in [0.05, 0.1) is 37.5 Å². The van der Waals surface area contributed by atoms with Gasteiger partial charge >= 0.3 is 6.03 Å². The van der Waals surface area contributed by atoms with Gasteiger partial charge in [0.1, 0.15) is 11.2 Å². The van der Waals surface area contributed by atoms with E-state index >= 15 is 0 Å². The van der Waals surface area contributed by atoms with Gasteiger partial charge in [-0.05, 0) is 24.0 Å². The van der Waals surface area contributed by atoms with E-state index in [1.54, 1.807) is 12.7 Å². The second-order valence-electron chi connectivity index (χ2n) is 11.7. The number of aromatic amines is 1. The highest BCUT2D eigenvalue weighted by Crippen LogP contribution is 2.37. The summed E-state index contributed by atoms with van der Waals surface area (Å²) in [5.74, 6) is 0. The van der Waals surface area contributed by atoms with Crippen LogP contribution in [0.3, 0.4) is 0 Å². The van der Waals surface area contributed by atoms with Crippen molar-refractivity contribution in [2.75, 3.05) is 26.2 Å². The molecule has 5 aromatic rings. The lowest BCUT2D eigenvalue weighted by atomic mass is 9.91. The Morgan fingerprint density at radius 3 is 2.32 bits per heavy atom. The molecule has 3 N–H and O–H groups in total. The Morgan fingerprint density at radius 1 is 0.932 bits per heavy atom. The molecule has 0 radical (unpaired) electrons. The van der Waals surface area contributed by atoms with Gasteiger partial charge in [-0.3, -0.25) is 10.3 Å². The summed E-state index contributed by atoms with van der Waals surface area (Å²) in [6.45, 7) is 3.25. The maximum atomic E-state index is 13.1. The van der Waals surface area contributed by atoms with Crippen molar-refractivity contribution in [2.45, 2.75) is 50.4 Å². The van der Waals surface area contributed by atoms with Crippen LogP contribution in [-0.2, 0) is 6.54 Å². The van der Waals surface area contributed by atoms with Crippen molar-refractivity contribution in [2.24, 2.45) is 0 Å². The third kappa shape index (κ3) is 5.72. The van der Waals surface area contributed by atoms with E-state index in [1.165, 1.54) is 18.4 Å². The van der Waals surface area contributed by atoms with Gasteiger partial charge in [0, 0.05) is 32.2 Å². The zero-order valence-corrected chi connectivity index (χ0v) is 24.6. The smallest absolute Gasteiger partial charge is 0.317 e. The Bertz CT molecular complexity index is 1750. The molecular weight excluding hydrogens is 554 g/mol. The molecule has 1 aliphatic carbocycles. The number of piperazine rings is 1. The van der Waals surface area contributed by atoms with E-state index in [0.717, 1.165) is 37.2 Å². The van der Waals surface area contributed by atoms with Crippen LogP contribution in [0.4, 0.5) is 4.79 Å². The average molecular weight is 592 g/mol. The van der Waals surface area contributed by atoms with Crippen LogP contribution in [0.2, 0.25) is 0 Å². The maximum absolute atomic E-state index is 13.1. The third-order valence-corrected chi connectivity index (χ3v) is 8.89. The van der Waals surface area contributed by atoms with Gasteiger partial charge in [-0.2, -0.15) is 0 Å². The number of nitrogens with zero attached hydrogens (tertiary/aromatic N) is 8. The minimum absolute atomic E-state index is 0.0387. The fourth-order valence-corrected chi connectivity index (χ4v) is 6.65. The number of aromatic nitrogens is 7. The number of nitrogens with one attached hydrogen (secondary N) is 3. The first kappa shape index (κ1) is 28.0. The van der Waals surface area contributed by atoms with Gasteiger partial charge in [0.25, 0.3) is 0 Å². The van der Waals surface area contributed by atoms with Crippen LogP contribution in [0.15, 0.2) is 79.5 Å². The molecule has 12 nitrogen and oxygen atoms in total. The highest BCUT2D eigenvalue weighted by molar-refractivity contribution is 5.74. The number of imidazole rings is 1. The number of urea groups is 1. The van der Waals surface area contributed by atoms with E-state index in [-0.39, 0.29) is 23.6 Å². The van der Waals surface area contributed by atoms with Crippen LogP contribution >= 0.6 is 0 Å². The van der Waals surface area contributed by atoms with E-state index in [1.807, 2.05) is 32.5 Å². The summed E-state index contributed by atoms with van der Waals surface area (Å²) in [6.07, 6.45) is 9.75. The summed E-state index contributed by atoms with van der Waals surface area (Å²) < 4.78 is 3.84. The Balaban J connectivity index is 1.18. The van der Waals surface area contributed by atoms with Crippen molar-refractivity contribution in [1.82, 2.24) is 49.6 Å². The summed E-state index contributed by atoms with van der Waals surface area (Å²) in [6, 6.07) is 21.2. The number of rotatable bonds is 8. The Hall–Kier alpha value is -4.84. The third-order valence-electron chi connectivity index (χ3n) is 8.89. The van der Waals surface area contributed by atoms with E-state index in [0.29, 0.717) is 36.8 Å². The number of benzene rings is 2. The van der Waals surface area contributed by atoms with E-state index in [9.17, 15) is 4.79 Å². The zero-order valence-electron chi connectivity index (χ0n) is 24.6. The lowest BCUT2D eigenvalue weighted by Gasteiger charge is -2.42. The summed E-state index contributed by atoms with van der Waals surface area (Å²) in [7, 11) is 0. The largest absolute Gasteiger partial charge is 0.340 e. The van der Waals surface area contributed by atoms with Gasteiger partial charge in [-0.25, -0.2) is 19.4 Å². The lowest BCUT2D eigenvalue weighted by molar-refractivity contribution is 0.0866. The second kappa shape index (κ2) is 12.4. The van der Waals surface area contributed by atoms with Crippen LogP contribution < -0.4 is 10.8 Å². The second-order valence-corrected chi connectivity index (χ2v) is 11.7. The molecule has 44 heavy (non-hydrogen) atoms. The number of carbonyl (C=O) groups excluding carboxylic acids is 1. The molecule has 2 fully saturated rings. The van der Waals surface area contributed by atoms with Gasteiger partial charge in [0.2, 0.25) is 0 Å². The first-order valence-corrected chi connectivity index (χ1v) is 15.4. The monoisotopic (exact) mass is 591 g/mol.